The van der Waals surface area contributed by atoms with Gasteiger partial charge in [0.15, 0.2) is 0 Å². The number of nitrogens with zero attached hydrogens (tertiary/aromatic N) is 3. The Labute approximate surface area is 295 Å². The fourth-order valence-electron chi connectivity index (χ4n) is 9.40. The maximum Gasteiger partial charge on any atom is 0.482 e. The van der Waals surface area contributed by atoms with E-state index < -0.39 is 30.3 Å². The lowest BCUT2D eigenvalue weighted by molar-refractivity contribution is -0.199. The molecular formula is C38H51BN4O7. The molecular weight excluding hydrogens is 635 g/mol. The Hall–Kier alpha value is -3.37. The Morgan fingerprint density at radius 1 is 1.16 bits per heavy atom. The van der Waals surface area contributed by atoms with Gasteiger partial charge in [-0.3, -0.25) is 9.69 Å². The number of morpholine rings is 1. The molecule has 268 valence electrons. The molecule has 2 aromatic rings. The van der Waals surface area contributed by atoms with Crippen molar-refractivity contribution in [3.8, 4) is 6.07 Å². The Bertz CT molecular complexity index is 1660. The SMILES string of the molecule is CC1(C)[C@@H]2C[C@H]3OB([C@H](Cc4coc5ccccc45)NC(=O)OC[C@H]4CCCCN4C(=O)C(C#N)=CC(C)(C)N4CCOCC4)O[C@@]3(C)[C@H]1C2. The van der Waals surface area contributed by atoms with Gasteiger partial charge < -0.3 is 33.4 Å². The number of alkyl carbamates (subject to hydrolysis) is 1. The molecule has 12 heteroatoms. The average Bonchev–Trinajstić information content (AvgIpc) is 3.70. The minimum absolute atomic E-state index is 0.0230. The zero-order valence-corrected chi connectivity index (χ0v) is 30.1. The molecule has 50 heavy (non-hydrogen) atoms. The Morgan fingerprint density at radius 3 is 2.70 bits per heavy atom. The van der Waals surface area contributed by atoms with Crippen LogP contribution in [0.15, 0.2) is 46.6 Å². The molecule has 1 aromatic heterocycles. The van der Waals surface area contributed by atoms with Crippen molar-refractivity contribution in [1.82, 2.24) is 15.1 Å². The third-order valence-corrected chi connectivity index (χ3v) is 12.6. The fourth-order valence-corrected chi connectivity index (χ4v) is 9.40. The number of carbonyl (C=O) groups excluding carboxylic acids is 2. The van der Waals surface area contributed by atoms with Crippen molar-refractivity contribution in [1.29, 1.82) is 5.26 Å². The number of furan rings is 1. The molecule has 3 aliphatic heterocycles. The lowest BCUT2D eigenvalue weighted by Gasteiger charge is -2.64. The summed E-state index contributed by atoms with van der Waals surface area (Å²) in [6.07, 6.45) is 7.80. The summed E-state index contributed by atoms with van der Waals surface area (Å²) >= 11 is 0. The van der Waals surface area contributed by atoms with Gasteiger partial charge in [0.25, 0.3) is 5.91 Å². The zero-order chi connectivity index (χ0) is 35.3. The second-order valence-corrected chi connectivity index (χ2v) is 16.2. The molecule has 4 heterocycles. The third kappa shape index (κ3) is 6.47. The molecule has 3 aliphatic carbocycles. The van der Waals surface area contributed by atoms with Crippen LogP contribution in [0.2, 0.25) is 0 Å². The van der Waals surface area contributed by atoms with Crippen molar-refractivity contribution in [3.05, 3.63) is 47.7 Å². The van der Waals surface area contributed by atoms with Crippen LogP contribution in [0.25, 0.3) is 11.0 Å². The van der Waals surface area contributed by atoms with E-state index >= 15 is 0 Å². The van der Waals surface area contributed by atoms with Gasteiger partial charge in [0.05, 0.1) is 43.2 Å². The standard InChI is InChI=1S/C38H51BN4O7/c1-36(2,42-14-16-46-17-15-42)21-26(22-40)34(44)43-13-9-8-10-28(43)24-48-35(45)41-33(18-25-23-47-30-12-7-6-11-29(25)30)39-49-32-20-27-19-31(37(27,3)4)38(32,5)50-39/h6-7,11-12,21,23,27-28,31-33H,8-10,13-20,24H2,1-5H3,(H,41,45)/t27-,28+,31-,32+,33-,38-/m0/s1. The van der Waals surface area contributed by atoms with Crippen LogP contribution in [0.5, 0.6) is 0 Å². The van der Waals surface area contributed by atoms with E-state index in [0.717, 1.165) is 55.3 Å². The van der Waals surface area contributed by atoms with Gasteiger partial charge >= 0.3 is 13.2 Å². The number of piperidine rings is 1. The minimum atomic E-state index is -0.660. The summed E-state index contributed by atoms with van der Waals surface area (Å²) < 4.78 is 30.6. The average molecular weight is 687 g/mol. The highest BCUT2D eigenvalue weighted by molar-refractivity contribution is 6.48. The zero-order valence-electron chi connectivity index (χ0n) is 30.1. The normalized spacial score (nSPS) is 30.3. The number of fused-ring (bicyclic) bond motifs is 1. The topological polar surface area (TPSA) is 127 Å². The quantitative estimate of drug-likeness (QED) is 0.213. The summed E-state index contributed by atoms with van der Waals surface area (Å²) in [5, 5.41) is 14.1. The molecule has 1 N–H and O–H groups in total. The highest BCUT2D eigenvalue weighted by Gasteiger charge is 2.68. The Balaban J connectivity index is 1.04. The van der Waals surface area contributed by atoms with Crippen molar-refractivity contribution >= 4 is 30.1 Å². The molecule has 6 atom stereocenters. The summed E-state index contributed by atoms with van der Waals surface area (Å²) in [6, 6.07) is 9.67. The van der Waals surface area contributed by atoms with E-state index in [2.05, 4.69) is 37.1 Å². The van der Waals surface area contributed by atoms with E-state index in [4.69, 9.17) is 23.2 Å². The monoisotopic (exact) mass is 686 g/mol. The second kappa shape index (κ2) is 13.6. The van der Waals surface area contributed by atoms with E-state index in [9.17, 15) is 14.9 Å². The lowest BCUT2D eigenvalue weighted by atomic mass is 9.43. The number of nitrogens with one attached hydrogen (secondary N) is 1. The van der Waals surface area contributed by atoms with Crippen molar-refractivity contribution in [3.63, 3.8) is 0 Å². The maximum absolute atomic E-state index is 13.8. The molecule has 8 rings (SSSR count). The molecule has 6 aliphatic rings. The van der Waals surface area contributed by atoms with E-state index in [-0.39, 0.29) is 35.6 Å². The number of benzene rings is 1. The molecule has 3 saturated heterocycles. The number of carbonyl (C=O) groups is 2. The predicted octanol–water partition coefficient (Wildman–Crippen LogP) is 5.28. The molecule has 6 fully saturated rings. The number of likely N-dealkylation sites (tertiary alicyclic amines) is 1. The van der Waals surface area contributed by atoms with Gasteiger partial charge in [0.1, 0.15) is 23.8 Å². The van der Waals surface area contributed by atoms with Gasteiger partial charge in [-0.25, -0.2) is 4.79 Å². The van der Waals surface area contributed by atoms with Crippen molar-refractivity contribution < 1.29 is 32.8 Å². The highest BCUT2D eigenvalue weighted by atomic mass is 16.7. The fraction of sp³-hybridized carbons (Fsp3) is 0.658. The Morgan fingerprint density at radius 2 is 1.94 bits per heavy atom. The van der Waals surface area contributed by atoms with Gasteiger partial charge in [-0.05, 0) is 94.3 Å². The molecule has 0 radical (unpaired) electrons. The first kappa shape index (κ1) is 35.1. The van der Waals surface area contributed by atoms with E-state index in [1.165, 1.54) is 0 Å². The van der Waals surface area contributed by atoms with Gasteiger partial charge in [-0.1, -0.05) is 32.0 Å². The van der Waals surface area contributed by atoms with Gasteiger partial charge in [0, 0.05) is 30.6 Å². The molecule has 2 bridgehead atoms. The number of amides is 2. The van der Waals surface area contributed by atoms with Crippen LogP contribution in [0.1, 0.15) is 72.3 Å². The van der Waals surface area contributed by atoms with Crippen molar-refractivity contribution in [2.24, 2.45) is 17.3 Å². The largest absolute Gasteiger partial charge is 0.482 e. The highest BCUT2D eigenvalue weighted by Crippen LogP contribution is 2.65. The number of ether oxygens (including phenoxy) is 2. The van der Waals surface area contributed by atoms with Crippen LogP contribution in [-0.4, -0.2) is 97.6 Å². The number of para-hydroxylation sites is 1. The summed E-state index contributed by atoms with van der Waals surface area (Å²) in [7, 11) is -0.660. The maximum atomic E-state index is 13.8. The van der Waals surface area contributed by atoms with E-state index in [1.807, 2.05) is 38.1 Å². The van der Waals surface area contributed by atoms with Crippen LogP contribution in [-0.2, 0) is 30.0 Å². The number of nitriles is 1. The van der Waals surface area contributed by atoms with Crippen LogP contribution in [0.4, 0.5) is 4.79 Å². The first-order chi connectivity index (χ1) is 23.9. The summed E-state index contributed by atoms with van der Waals surface area (Å²) in [5.74, 6) is 0.126. The molecule has 0 spiro atoms. The van der Waals surface area contributed by atoms with Gasteiger partial charge in [-0.2, -0.15) is 5.26 Å². The van der Waals surface area contributed by atoms with Crippen molar-refractivity contribution in [2.45, 2.75) is 102 Å². The van der Waals surface area contributed by atoms with Crippen LogP contribution in [0, 0.1) is 28.6 Å². The third-order valence-electron chi connectivity index (χ3n) is 12.6. The summed E-state index contributed by atoms with van der Waals surface area (Å²) in [6.45, 7) is 14.1. The first-order valence-corrected chi connectivity index (χ1v) is 18.4. The van der Waals surface area contributed by atoms with Crippen LogP contribution < -0.4 is 5.32 Å². The minimum Gasteiger partial charge on any atom is -0.464 e. The second-order valence-electron chi connectivity index (χ2n) is 16.2. The Kier molecular flexibility index (Phi) is 9.56. The van der Waals surface area contributed by atoms with E-state index in [0.29, 0.717) is 44.4 Å². The number of hydrogen-bond donors (Lipinski definition) is 1. The number of hydrogen-bond acceptors (Lipinski definition) is 9. The summed E-state index contributed by atoms with van der Waals surface area (Å²) in [5.41, 5.74) is 1.10. The molecule has 2 amide bonds. The van der Waals surface area contributed by atoms with Crippen LogP contribution in [0.3, 0.4) is 0 Å². The lowest BCUT2D eigenvalue weighted by Crippen LogP contribution is -2.65. The van der Waals surface area contributed by atoms with Crippen LogP contribution >= 0.6 is 0 Å². The van der Waals surface area contributed by atoms with Gasteiger partial charge in [-0.15, -0.1) is 0 Å². The smallest absolute Gasteiger partial charge is 0.464 e. The van der Waals surface area contributed by atoms with E-state index in [1.54, 1.807) is 17.2 Å². The number of rotatable bonds is 9. The van der Waals surface area contributed by atoms with Crippen molar-refractivity contribution in [2.75, 3.05) is 39.5 Å². The molecule has 0 unspecified atom stereocenters. The molecule has 11 nitrogen and oxygen atoms in total. The first-order valence-electron chi connectivity index (χ1n) is 18.4. The summed E-state index contributed by atoms with van der Waals surface area (Å²) in [4.78, 5) is 31.3. The van der Waals surface area contributed by atoms with Gasteiger partial charge in [0.2, 0.25) is 0 Å². The predicted molar refractivity (Wildman–Crippen MR) is 188 cm³/mol. The molecule has 1 aromatic carbocycles. The molecule has 3 saturated carbocycles.